The Morgan fingerprint density at radius 1 is 1.31 bits per heavy atom. The highest BCUT2D eigenvalue weighted by molar-refractivity contribution is 5.89. The SMILES string of the molecule is Cc1ccc(C(=O)O[C@H]2[C@H](C)[N+]3=C(N)N[C@@H](CO)[C@@H]4[NH+]=C(N)N[C@@]43C2(O)O)cc1. The summed E-state index contributed by atoms with van der Waals surface area (Å²) < 4.78 is 7.04. The summed E-state index contributed by atoms with van der Waals surface area (Å²) in [4.78, 5) is 15.6. The van der Waals surface area contributed by atoms with Crippen LogP contribution in [0.2, 0.25) is 0 Å². The zero-order chi connectivity index (χ0) is 21.1. The average Bonchev–Trinajstić information content (AvgIpc) is 3.10. The van der Waals surface area contributed by atoms with Crippen LogP contribution in [0.3, 0.4) is 0 Å². The highest BCUT2D eigenvalue weighted by atomic mass is 16.6. The number of carbonyl (C=O) groups is 1. The first-order chi connectivity index (χ1) is 13.6. The lowest BCUT2D eigenvalue weighted by atomic mass is 9.86. The molecule has 3 heterocycles. The molecule has 0 radical (unpaired) electrons. The second kappa shape index (κ2) is 6.31. The normalized spacial score (nSPS) is 34.6. The predicted octanol–water partition coefficient (Wildman–Crippen LogP) is -5.04. The first kappa shape index (κ1) is 19.4. The fraction of sp³-hybridized carbons (Fsp3) is 0.500. The van der Waals surface area contributed by atoms with Crippen molar-refractivity contribution in [3.63, 3.8) is 0 Å². The minimum Gasteiger partial charge on any atom is -0.449 e. The van der Waals surface area contributed by atoms with Crippen molar-refractivity contribution in [3.8, 4) is 0 Å². The number of aliphatic hydroxyl groups excluding tert-OH is 1. The van der Waals surface area contributed by atoms with Crippen LogP contribution in [-0.2, 0) is 4.74 Å². The predicted molar refractivity (Wildman–Crippen MR) is 100 cm³/mol. The topological polar surface area (TPSA) is 180 Å². The molecular formula is C18H26N6O5+2. The molecule has 10 N–H and O–H groups in total. The quantitative estimate of drug-likeness (QED) is 0.138. The standard InChI is InChI=1S/C18H24N6O5/c1-8-3-5-10(6-4-8)14(26)29-13-9(2)24-16(20)21-11(7-25)12-17(24,18(13,27)28)23-15(19)22-12/h3-6,9,11-13,25,27-28H,7H2,1-2H3,(H5,19,20,21,22,23)/p+2/t9-,11-,12-,13-,17-/m0/s1. The van der Waals surface area contributed by atoms with Crippen LogP contribution in [0.1, 0.15) is 22.8 Å². The molecule has 5 atom stereocenters. The van der Waals surface area contributed by atoms with E-state index in [9.17, 15) is 20.1 Å². The van der Waals surface area contributed by atoms with Crippen molar-refractivity contribution in [2.24, 2.45) is 11.5 Å². The fourth-order valence-corrected chi connectivity index (χ4v) is 4.66. The molecule has 0 unspecified atom stereocenters. The number of guanidine groups is 2. The monoisotopic (exact) mass is 406 g/mol. The van der Waals surface area contributed by atoms with Gasteiger partial charge in [-0.15, -0.1) is 0 Å². The summed E-state index contributed by atoms with van der Waals surface area (Å²) in [5, 5.41) is 38.1. The molecule has 29 heavy (non-hydrogen) atoms. The molecular weight excluding hydrogens is 380 g/mol. The Kier molecular flexibility index (Phi) is 4.22. The molecule has 3 aliphatic heterocycles. The molecule has 0 aromatic heterocycles. The highest BCUT2D eigenvalue weighted by Gasteiger charge is 2.81. The molecule has 0 amide bonds. The van der Waals surface area contributed by atoms with E-state index in [1.807, 2.05) is 6.92 Å². The summed E-state index contributed by atoms with van der Waals surface area (Å²) in [5.41, 5.74) is 11.7. The van der Waals surface area contributed by atoms with Gasteiger partial charge in [-0.05, 0) is 26.0 Å². The van der Waals surface area contributed by atoms with Crippen LogP contribution in [0.4, 0.5) is 0 Å². The fourth-order valence-electron chi connectivity index (χ4n) is 4.66. The van der Waals surface area contributed by atoms with E-state index in [1.54, 1.807) is 31.2 Å². The lowest BCUT2D eigenvalue weighted by Crippen LogP contribution is -2.92. The zero-order valence-corrected chi connectivity index (χ0v) is 16.1. The van der Waals surface area contributed by atoms with Crippen LogP contribution in [0.25, 0.3) is 0 Å². The second-order valence-corrected chi connectivity index (χ2v) is 7.77. The number of ether oxygens (including phenoxy) is 1. The Balaban J connectivity index is 1.75. The van der Waals surface area contributed by atoms with Gasteiger partial charge < -0.3 is 20.1 Å². The number of esters is 1. The molecule has 1 aromatic rings. The summed E-state index contributed by atoms with van der Waals surface area (Å²) in [7, 11) is 0. The van der Waals surface area contributed by atoms with Crippen molar-refractivity contribution in [3.05, 3.63) is 35.4 Å². The zero-order valence-electron chi connectivity index (χ0n) is 16.1. The van der Waals surface area contributed by atoms with Crippen molar-refractivity contribution in [2.75, 3.05) is 6.61 Å². The van der Waals surface area contributed by atoms with E-state index in [0.29, 0.717) is 0 Å². The molecule has 1 aromatic carbocycles. The van der Waals surface area contributed by atoms with Crippen molar-refractivity contribution in [2.45, 2.75) is 49.5 Å². The van der Waals surface area contributed by atoms with E-state index in [1.165, 1.54) is 4.58 Å². The van der Waals surface area contributed by atoms with Crippen LogP contribution in [0, 0.1) is 6.92 Å². The Morgan fingerprint density at radius 3 is 2.59 bits per heavy atom. The van der Waals surface area contributed by atoms with Crippen LogP contribution in [0.15, 0.2) is 24.3 Å². The van der Waals surface area contributed by atoms with Crippen molar-refractivity contribution in [1.82, 2.24) is 10.6 Å². The summed E-state index contributed by atoms with van der Waals surface area (Å²) in [6, 6.07) is 4.56. The van der Waals surface area contributed by atoms with Gasteiger partial charge in [0, 0.05) is 0 Å². The van der Waals surface area contributed by atoms with Gasteiger partial charge in [-0.25, -0.2) is 14.7 Å². The maximum Gasteiger partial charge on any atom is 0.347 e. The first-order valence-electron chi connectivity index (χ1n) is 9.32. The third-order valence-electron chi connectivity index (χ3n) is 5.98. The maximum atomic E-state index is 12.7. The van der Waals surface area contributed by atoms with Crippen molar-refractivity contribution < 1.29 is 34.4 Å². The van der Waals surface area contributed by atoms with E-state index in [-0.39, 0.29) is 24.1 Å². The lowest BCUT2D eigenvalue weighted by Gasteiger charge is -2.40. The van der Waals surface area contributed by atoms with Gasteiger partial charge in [0.25, 0.3) is 5.79 Å². The molecule has 11 nitrogen and oxygen atoms in total. The molecule has 1 spiro atoms. The van der Waals surface area contributed by atoms with Crippen LogP contribution in [-0.4, -0.2) is 80.1 Å². The van der Waals surface area contributed by atoms with Crippen molar-refractivity contribution in [1.29, 1.82) is 0 Å². The van der Waals surface area contributed by atoms with Crippen LogP contribution in [0.5, 0.6) is 0 Å². The Hall–Kier alpha value is -2.89. The number of aryl methyl sites for hydroxylation is 1. The van der Waals surface area contributed by atoms with Gasteiger partial charge >= 0.3 is 23.6 Å². The lowest BCUT2D eigenvalue weighted by molar-refractivity contribution is -0.690. The maximum absolute atomic E-state index is 12.7. The Morgan fingerprint density at radius 2 is 1.97 bits per heavy atom. The number of rotatable bonds is 3. The van der Waals surface area contributed by atoms with Crippen LogP contribution < -0.4 is 27.1 Å². The number of hydrogen-bond donors (Lipinski definition) is 8. The van der Waals surface area contributed by atoms with Gasteiger partial charge in [0.05, 0.1) is 12.2 Å². The Labute approximate surface area is 166 Å². The number of hydrogen-bond acceptors (Lipinski definition) is 9. The van der Waals surface area contributed by atoms with E-state index >= 15 is 0 Å². The molecule has 0 aliphatic carbocycles. The summed E-state index contributed by atoms with van der Waals surface area (Å²) in [5.74, 6) is -3.11. The molecule has 3 aliphatic rings. The van der Waals surface area contributed by atoms with Gasteiger partial charge in [0.15, 0.2) is 12.1 Å². The largest absolute Gasteiger partial charge is 0.449 e. The molecule has 11 heteroatoms. The first-order valence-corrected chi connectivity index (χ1v) is 9.32. The van der Waals surface area contributed by atoms with Gasteiger partial charge in [-0.1, -0.05) is 17.7 Å². The molecule has 1 saturated heterocycles. The number of nitrogens with two attached hydrogens (primary N) is 2. The number of aliphatic hydroxyl groups is 3. The van der Waals surface area contributed by atoms with E-state index in [2.05, 4.69) is 15.6 Å². The third kappa shape index (κ3) is 2.51. The summed E-state index contributed by atoms with van der Waals surface area (Å²) >= 11 is 0. The third-order valence-corrected chi connectivity index (χ3v) is 5.98. The summed E-state index contributed by atoms with van der Waals surface area (Å²) in [6.45, 7) is 3.20. The second-order valence-electron chi connectivity index (χ2n) is 7.77. The average molecular weight is 406 g/mol. The van der Waals surface area contributed by atoms with Gasteiger partial charge in [-0.3, -0.25) is 21.8 Å². The van der Waals surface area contributed by atoms with Crippen LogP contribution >= 0.6 is 0 Å². The molecule has 1 fully saturated rings. The van der Waals surface area contributed by atoms with Gasteiger partial charge in [0.1, 0.15) is 12.1 Å². The number of carbonyl (C=O) groups excluding carboxylic acids is 1. The smallest absolute Gasteiger partial charge is 0.347 e. The number of benzene rings is 1. The van der Waals surface area contributed by atoms with E-state index < -0.39 is 41.6 Å². The minimum atomic E-state index is -2.59. The highest BCUT2D eigenvalue weighted by Crippen LogP contribution is 2.42. The molecule has 4 rings (SSSR count). The molecule has 156 valence electrons. The van der Waals surface area contributed by atoms with Gasteiger partial charge in [-0.2, -0.15) is 0 Å². The number of nitrogens with one attached hydrogen (secondary N) is 3. The summed E-state index contributed by atoms with van der Waals surface area (Å²) in [6.07, 6.45) is -1.36. The Bertz CT molecular complexity index is 914. The van der Waals surface area contributed by atoms with Gasteiger partial charge in [0.2, 0.25) is 0 Å². The van der Waals surface area contributed by atoms with E-state index in [4.69, 9.17) is 16.2 Å². The van der Waals surface area contributed by atoms with E-state index in [0.717, 1.165) is 5.56 Å². The number of nitrogens with zero attached hydrogens (tertiary/aromatic N) is 1. The minimum absolute atomic E-state index is 0.0835. The molecule has 0 saturated carbocycles. The molecule has 0 bridgehead atoms. The van der Waals surface area contributed by atoms with Crippen molar-refractivity contribution >= 4 is 17.9 Å².